The van der Waals surface area contributed by atoms with Crippen LogP contribution in [-0.4, -0.2) is 5.91 Å². The highest BCUT2D eigenvalue weighted by atomic mass is 35.5. The fourth-order valence-electron chi connectivity index (χ4n) is 1.24. The minimum absolute atomic E-state index is 0.0678. The lowest BCUT2D eigenvalue weighted by atomic mass is 10.3. The van der Waals surface area contributed by atoms with Crippen molar-refractivity contribution in [2.24, 2.45) is 0 Å². The number of anilines is 2. The molecule has 1 heterocycles. The standard InChI is InChI=1S/C11H8ClFN2O2/c12-7-5-6(1-2-8(7)13)15-11(16)9-3-4-10(14)17-9/h1-5H,14H2,(H,15,16). The van der Waals surface area contributed by atoms with Gasteiger partial charge in [0.1, 0.15) is 5.82 Å². The van der Waals surface area contributed by atoms with Crippen LogP contribution in [0.25, 0.3) is 0 Å². The summed E-state index contributed by atoms with van der Waals surface area (Å²) < 4.78 is 17.8. The first kappa shape index (κ1) is 11.5. The van der Waals surface area contributed by atoms with Crippen LogP contribution in [0, 0.1) is 5.82 Å². The average Bonchev–Trinajstić information content (AvgIpc) is 2.70. The first-order valence-corrected chi connectivity index (χ1v) is 5.06. The van der Waals surface area contributed by atoms with E-state index < -0.39 is 11.7 Å². The lowest BCUT2D eigenvalue weighted by Crippen LogP contribution is -2.10. The van der Waals surface area contributed by atoms with Crippen molar-refractivity contribution in [2.75, 3.05) is 11.1 Å². The summed E-state index contributed by atoms with van der Waals surface area (Å²) in [5.74, 6) is -0.813. The van der Waals surface area contributed by atoms with E-state index in [1.54, 1.807) is 0 Å². The molecule has 88 valence electrons. The monoisotopic (exact) mass is 254 g/mol. The molecule has 6 heteroatoms. The zero-order valence-corrected chi connectivity index (χ0v) is 9.29. The average molecular weight is 255 g/mol. The lowest BCUT2D eigenvalue weighted by Gasteiger charge is -2.03. The first-order chi connectivity index (χ1) is 8.06. The molecule has 0 fully saturated rings. The van der Waals surface area contributed by atoms with Crippen LogP contribution in [0.1, 0.15) is 10.6 Å². The summed E-state index contributed by atoms with van der Waals surface area (Å²) >= 11 is 5.58. The molecule has 4 nitrogen and oxygen atoms in total. The predicted molar refractivity (Wildman–Crippen MR) is 62.5 cm³/mol. The van der Waals surface area contributed by atoms with Gasteiger partial charge in [0.25, 0.3) is 5.91 Å². The summed E-state index contributed by atoms with van der Waals surface area (Å²) in [4.78, 5) is 11.6. The Bertz CT molecular complexity index is 568. The Balaban J connectivity index is 2.15. The van der Waals surface area contributed by atoms with E-state index in [0.29, 0.717) is 5.69 Å². The number of furan rings is 1. The Labute approximate surface area is 101 Å². The van der Waals surface area contributed by atoms with Crippen molar-refractivity contribution >= 4 is 29.1 Å². The zero-order valence-electron chi connectivity index (χ0n) is 8.54. The second-order valence-electron chi connectivity index (χ2n) is 3.29. The van der Waals surface area contributed by atoms with E-state index in [2.05, 4.69) is 5.32 Å². The highest BCUT2D eigenvalue weighted by Gasteiger charge is 2.11. The summed E-state index contributed by atoms with van der Waals surface area (Å²) in [6.07, 6.45) is 0. The number of carbonyl (C=O) groups excluding carboxylic acids is 1. The molecule has 0 unspecified atom stereocenters. The number of nitrogens with one attached hydrogen (secondary N) is 1. The molecule has 0 saturated heterocycles. The number of halogens is 2. The highest BCUT2D eigenvalue weighted by Crippen LogP contribution is 2.20. The van der Waals surface area contributed by atoms with Crippen molar-refractivity contribution in [1.29, 1.82) is 0 Å². The molecule has 0 radical (unpaired) electrons. The number of benzene rings is 1. The number of hydrogen-bond acceptors (Lipinski definition) is 3. The number of nitrogen functional groups attached to an aromatic ring is 1. The Morgan fingerprint density at radius 3 is 2.71 bits per heavy atom. The molecule has 2 aromatic rings. The molecular weight excluding hydrogens is 247 g/mol. The maximum absolute atomic E-state index is 12.9. The third-order valence-corrected chi connectivity index (χ3v) is 2.32. The van der Waals surface area contributed by atoms with Gasteiger partial charge < -0.3 is 15.5 Å². The molecule has 1 amide bonds. The molecule has 3 N–H and O–H groups in total. The van der Waals surface area contributed by atoms with Crippen LogP contribution in [0.3, 0.4) is 0 Å². The van der Waals surface area contributed by atoms with Crippen LogP contribution in [0.5, 0.6) is 0 Å². The summed E-state index contributed by atoms with van der Waals surface area (Å²) in [5, 5.41) is 2.43. The van der Waals surface area contributed by atoms with Crippen LogP contribution in [-0.2, 0) is 0 Å². The fraction of sp³-hybridized carbons (Fsp3) is 0. The lowest BCUT2D eigenvalue weighted by molar-refractivity contribution is 0.0997. The van der Waals surface area contributed by atoms with E-state index in [9.17, 15) is 9.18 Å². The topological polar surface area (TPSA) is 68.3 Å². The van der Waals surface area contributed by atoms with Gasteiger partial charge in [-0.25, -0.2) is 4.39 Å². The van der Waals surface area contributed by atoms with E-state index in [0.717, 1.165) is 6.07 Å². The van der Waals surface area contributed by atoms with E-state index in [4.69, 9.17) is 21.8 Å². The van der Waals surface area contributed by atoms with Gasteiger partial charge in [-0.2, -0.15) is 0 Å². The molecule has 2 rings (SSSR count). The van der Waals surface area contributed by atoms with Gasteiger partial charge in [0.05, 0.1) is 5.02 Å². The third-order valence-electron chi connectivity index (χ3n) is 2.03. The van der Waals surface area contributed by atoms with Crippen molar-refractivity contribution in [3.8, 4) is 0 Å². The molecule has 0 saturated carbocycles. The molecule has 0 aliphatic carbocycles. The van der Waals surface area contributed by atoms with Gasteiger partial charge in [-0.15, -0.1) is 0 Å². The molecule has 0 bridgehead atoms. The smallest absolute Gasteiger partial charge is 0.291 e. The maximum atomic E-state index is 12.9. The van der Waals surface area contributed by atoms with Gasteiger partial charge in [-0.3, -0.25) is 4.79 Å². The molecule has 0 aliphatic rings. The van der Waals surface area contributed by atoms with Crippen molar-refractivity contribution in [2.45, 2.75) is 0 Å². The Morgan fingerprint density at radius 1 is 1.35 bits per heavy atom. The first-order valence-electron chi connectivity index (χ1n) is 4.68. The Morgan fingerprint density at radius 2 is 2.12 bits per heavy atom. The van der Waals surface area contributed by atoms with Gasteiger partial charge in [-0.1, -0.05) is 11.6 Å². The molecule has 0 aliphatic heterocycles. The second-order valence-corrected chi connectivity index (χ2v) is 3.69. The van der Waals surface area contributed by atoms with Gasteiger partial charge in [-0.05, 0) is 24.3 Å². The maximum Gasteiger partial charge on any atom is 0.291 e. The predicted octanol–water partition coefficient (Wildman–Crippen LogP) is 2.91. The Kier molecular flexibility index (Phi) is 3.01. The third kappa shape index (κ3) is 2.57. The number of nitrogens with two attached hydrogens (primary N) is 1. The number of hydrogen-bond donors (Lipinski definition) is 2. The van der Waals surface area contributed by atoms with E-state index in [1.165, 1.54) is 24.3 Å². The van der Waals surface area contributed by atoms with Gasteiger partial charge in [0.15, 0.2) is 11.6 Å². The van der Waals surface area contributed by atoms with Crippen LogP contribution in [0.4, 0.5) is 16.0 Å². The van der Waals surface area contributed by atoms with Crippen molar-refractivity contribution in [1.82, 2.24) is 0 Å². The number of rotatable bonds is 2. The minimum atomic E-state index is -0.549. The molecule has 1 aromatic heterocycles. The van der Waals surface area contributed by atoms with Gasteiger partial charge >= 0.3 is 0 Å². The van der Waals surface area contributed by atoms with Gasteiger partial charge in [0.2, 0.25) is 0 Å². The molecule has 17 heavy (non-hydrogen) atoms. The second kappa shape index (κ2) is 4.47. The summed E-state index contributed by atoms with van der Waals surface area (Å²) in [6, 6.07) is 6.77. The van der Waals surface area contributed by atoms with Crippen LogP contribution in [0.2, 0.25) is 5.02 Å². The number of amides is 1. The summed E-state index contributed by atoms with van der Waals surface area (Å²) in [6.45, 7) is 0. The fourth-order valence-corrected chi connectivity index (χ4v) is 1.42. The summed E-state index contributed by atoms with van der Waals surface area (Å²) in [5.41, 5.74) is 5.71. The van der Waals surface area contributed by atoms with Gasteiger partial charge in [0, 0.05) is 11.8 Å². The molecular formula is C11H8ClFN2O2. The molecule has 0 spiro atoms. The minimum Gasteiger partial charge on any atom is -0.436 e. The van der Waals surface area contributed by atoms with Crippen LogP contribution < -0.4 is 11.1 Å². The zero-order chi connectivity index (χ0) is 12.4. The highest BCUT2D eigenvalue weighted by molar-refractivity contribution is 6.31. The normalized spacial score (nSPS) is 10.2. The van der Waals surface area contributed by atoms with Crippen LogP contribution in [0.15, 0.2) is 34.7 Å². The summed E-state index contributed by atoms with van der Waals surface area (Å²) in [7, 11) is 0. The largest absolute Gasteiger partial charge is 0.436 e. The SMILES string of the molecule is Nc1ccc(C(=O)Nc2ccc(F)c(Cl)c2)o1. The van der Waals surface area contributed by atoms with E-state index in [1.807, 2.05) is 0 Å². The Hall–Kier alpha value is -2.01. The van der Waals surface area contributed by atoms with E-state index in [-0.39, 0.29) is 16.7 Å². The number of carbonyl (C=O) groups is 1. The quantitative estimate of drug-likeness (QED) is 0.866. The van der Waals surface area contributed by atoms with Crippen molar-refractivity contribution < 1.29 is 13.6 Å². The van der Waals surface area contributed by atoms with Crippen molar-refractivity contribution in [3.05, 3.63) is 46.9 Å². The van der Waals surface area contributed by atoms with Crippen molar-refractivity contribution in [3.63, 3.8) is 0 Å². The molecule has 1 aromatic carbocycles. The van der Waals surface area contributed by atoms with Crippen LogP contribution >= 0.6 is 11.6 Å². The van der Waals surface area contributed by atoms with E-state index >= 15 is 0 Å². The molecule has 0 atom stereocenters.